The van der Waals surface area contributed by atoms with Crippen LogP contribution in [0.3, 0.4) is 0 Å². The number of aliphatic hydroxyl groups excluding tert-OH is 4. The van der Waals surface area contributed by atoms with Crippen molar-refractivity contribution in [2.24, 2.45) is 80.8 Å². The predicted octanol–water partition coefficient (Wildman–Crippen LogP) is 26.1. The first-order valence-corrected chi connectivity index (χ1v) is 55.6. The van der Waals surface area contributed by atoms with E-state index in [-0.39, 0.29) is 58.8 Å². The Labute approximate surface area is 765 Å². The maximum Gasteiger partial charge on any atom is 0.345 e. The first kappa shape index (κ1) is 102. The number of halogens is 2. The summed E-state index contributed by atoms with van der Waals surface area (Å²) in [6.07, 6.45) is 58.8. The summed E-state index contributed by atoms with van der Waals surface area (Å²) in [5.74, 6) is 5.34. The van der Waals surface area contributed by atoms with Crippen LogP contribution in [0.2, 0.25) is 0 Å². The molecule has 14 rings (SSSR count). The van der Waals surface area contributed by atoms with Crippen LogP contribution in [-0.2, 0) is 39.2 Å². The molecule has 0 saturated heterocycles. The number of allylic oxidation sites excluding steroid dienone is 21. The van der Waals surface area contributed by atoms with Crippen LogP contribution in [0.4, 0.5) is 8.78 Å². The Balaban J connectivity index is 0.000000165. The number of aliphatic hydroxyl groups is 4. The molecular formula is C109H155F2NO11S4. The van der Waals surface area contributed by atoms with Crippen molar-refractivity contribution in [2.75, 3.05) is 24.0 Å². The number of hydrogen-bond acceptors (Lipinski definition) is 12. The highest BCUT2D eigenvalue weighted by Gasteiger charge is 2.54. The van der Waals surface area contributed by atoms with Gasteiger partial charge in [0, 0.05) is 35.0 Å². The van der Waals surface area contributed by atoms with Crippen LogP contribution < -0.4 is 0 Å². The SMILES string of the molecule is C=C1CCC(O)C/C1=C/C=C1\CCCC2(C)C(C(C)C/C=C/S(C)(=O)=O)=CCC12.C=C1CCC(O)C/C1=C/C=C1\CCCC2(C)C(C(C)CCC(F)(F)S(C)(=O)=O)=CCC12.C=C1CCC(O)C/C1=C/C=C1\CCCC2(C)C1CCC2C(C)CCCS(=N)(=O)c1ccccc1.C=C1CCC(O)C/C1=C/C=C1\CCCC2(C)C1CCC2C(C)CCS(=O)(=O)c1ccccc1. The summed E-state index contributed by atoms with van der Waals surface area (Å²) in [5.41, 5.74) is 18.9. The molecule has 0 aromatic heterocycles. The summed E-state index contributed by atoms with van der Waals surface area (Å²) in [4.78, 5) is 1.11. The van der Waals surface area contributed by atoms with Crippen LogP contribution in [0.1, 0.15) is 287 Å². The van der Waals surface area contributed by atoms with Crippen molar-refractivity contribution in [3.63, 3.8) is 0 Å². The summed E-state index contributed by atoms with van der Waals surface area (Å²) >= 11 is 0. The topological polar surface area (TPSA) is 224 Å². The molecule has 0 spiro atoms. The monoisotopic (exact) mass is 1820 g/mol. The molecular weight excluding hydrogens is 1670 g/mol. The fraction of sp³-hybridized carbons (Fsp3) is 0.615. The van der Waals surface area contributed by atoms with Crippen molar-refractivity contribution in [1.29, 1.82) is 4.78 Å². The number of alkyl halides is 2. The van der Waals surface area contributed by atoms with E-state index >= 15 is 0 Å². The van der Waals surface area contributed by atoms with Gasteiger partial charge < -0.3 is 20.4 Å². The summed E-state index contributed by atoms with van der Waals surface area (Å²) in [5, 5.41) is 37.8. The Kier molecular flexibility index (Phi) is 34.7. The summed E-state index contributed by atoms with van der Waals surface area (Å²) in [7, 11) is -13.4. The van der Waals surface area contributed by atoms with Crippen molar-refractivity contribution >= 4 is 39.2 Å². The average Bonchev–Trinajstić information content (AvgIpc) is 1.58. The van der Waals surface area contributed by atoms with Crippen molar-refractivity contribution in [1.82, 2.24) is 0 Å². The van der Waals surface area contributed by atoms with Crippen LogP contribution in [-0.4, -0.2) is 104 Å². The lowest BCUT2D eigenvalue weighted by atomic mass is 9.61. The minimum atomic E-state index is -4.39. The molecule has 18 heteroatoms. The Hall–Kier alpha value is -5.96. The van der Waals surface area contributed by atoms with Gasteiger partial charge in [0.05, 0.1) is 44.8 Å². The molecule has 2 aromatic carbocycles. The quantitative estimate of drug-likeness (QED) is 0.0622. The van der Waals surface area contributed by atoms with E-state index in [1.54, 1.807) is 35.4 Å². The van der Waals surface area contributed by atoms with Gasteiger partial charge >= 0.3 is 5.25 Å². The zero-order valence-electron chi connectivity index (χ0n) is 78.5. The second-order valence-electron chi connectivity index (χ2n) is 41.8. The van der Waals surface area contributed by atoms with Gasteiger partial charge in [-0.25, -0.2) is 34.2 Å². The number of rotatable bonds is 24. The van der Waals surface area contributed by atoms with Crippen molar-refractivity contribution in [2.45, 2.75) is 326 Å². The second kappa shape index (κ2) is 43.4. The third-order valence-corrected chi connectivity index (χ3v) is 38.5. The highest BCUT2D eigenvalue weighted by Crippen LogP contribution is 2.63. The first-order valence-electron chi connectivity index (χ1n) is 48.3. The molecule has 19 atom stereocenters. The molecule has 2 aromatic rings. The van der Waals surface area contributed by atoms with E-state index in [4.69, 9.17) is 4.78 Å². The molecule has 12 aliphatic rings. The number of hydrogen-bond donors (Lipinski definition) is 5. The van der Waals surface area contributed by atoms with Crippen molar-refractivity contribution in [3.8, 4) is 0 Å². The highest BCUT2D eigenvalue weighted by molar-refractivity contribution is 7.93. The van der Waals surface area contributed by atoms with Gasteiger partial charge in [-0.3, -0.25) is 0 Å². The fourth-order valence-electron chi connectivity index (χ4n) is 25.4. The molecule has 0 aliphatic heterocycles. The maximum atomic E-state index is 14.0. The molecule has 10 saturated carbocycles. The average molecular weight is 1820 g/mol. The van der Waals surface area contributed by atoms with Crippen LogP contribution in [0.15, 0.2) is 247 Å². The molecule has 0 amide bonds. The molecule has 0 heterocycles. The third kappa shape index (κ3) is 25.3. The fourth-order valence-corrected chi connectivity index (χ4v) is 29.2. The van der Waals surface area contributed by atoms with E-state index < -0.39 is 50.9 Å². The minimum absolute atomic E-state index is 0.0640. The van der Waals surface area contributed by atoms with Gasteiger partial charge in [0.25, 0.3) is 0 Å². The smallest absolute Gasteiger partial charge is 0.345 e. The van der Waals surface area contributed by atoms with Gasteiger partial charge in [-0.2, -0.15) is 8.78 Å². The number of nitrogens with one attached hydrogen (secondary N) is 1. The molecule has 12 aliphatic carbocycles. The molecule has 19 unspecified atom stereocenters. The normalized spacial score (nSPS) is 34.2. The Bertz CT molecular complexity index is 5110. The largest absolute Gasteiger partial charge is 0.393 e. The van der Waals surface area contributed by atoms with E-state index in [1.165, 1.54) is 138 Å². The number of sulfone groups is 3. The van der Waals surface area contributed by atoms with E-state index in [1.807, 2.05) is 49.4 Å². The summed E-state index contributed by atoms with van der Waals surface area (Å²) in [6.45, 7) is 35.2. The first-order chi connectivity index (χ1) is 59.9. The Morgan fingerprint density at radius 1 is 0.457 bits per heavy atom. The standard InChI is InChI=1S/C30H43NO2S.C29H40O3S.C25H36F2O3S.C25H36O3S/c1-22-13-16-26(32)21-25(22)15-14-24-10-7-19-30(3)28(17-18-29(24)30)23(2)9-8-20-34(31,33)27-11-5-4-6-12-27;1-21-11-14-25(30)20-24(21)13-12-23-8-7-18-29(3)27(15-16-28(23)29)22(2)17-19-33(31,32)26-9-5-4-6-10-26;1-17-7-10-21(28)16-20(17)9-8-19-6-5-14-24(3)22(11-12-23(19)24)18(2)13-15-25(26,27)31(4,29)30;1-18-9-12-22(26)17-21(18)11-10-20-8-5-15-25(3)23(13-14-24(20)25)19(2)7-6-16-29(4,27)28/h4-6,11-12,14-15,23,26,28-29,31-32H,1,7-10,13,16-21H2,2-3H3;4-6,9-10,12-13,22,25,27-28,30H,1,7-8,11,14-20H2,2-3H3;8-9,11,18,21,23,28H,1,5-7,10,12-16H2,2-4H3;6,10-11,13,16,19,22,24,26H,1,5,7-9,12,14-15,17H2,2-4H3/b24-14+,25-15-;23-12+,24-13-;19-8+,20-9-;16-6+,20-10+,21-11-. The predicted molar refractivity (Wildman–Crippen MR) is 520 cm³/mol. The number of benzene rings is 2. The summed E-state index contributed by atoms with van der Waals surface area (Å²) in [6, 6.07) is 18.2. The van der Waals surface area contributed by atoms with Crippen molar-refractivity contribution < 1.29 is 58.7 Å². The summed E-state index contributed by atoms with van der Waals surface area (Å²) < 4.78 is 120. The Morgan fingerprint density at radius 2 is 0.819 bits per heavy atom. The van der Waals surface area contributed by atoms with Gasteiger partial charge in [-0.05, 0) is 352 Å². The Morgan fingerprint density at radius 3 is 1.20 bits per heavy atom. The minimum Gasteiger partial charge on any atom is -0.393 e. The molecule has 12 nitrogen and oxygen atoms in total. The van der Waals surface area contributed by atoms with Gasteiger partial charge in [0.1, 0.15) is 0 Å². The molecule has 0 radical (unpaired) electrons. The lowest BCUT2D eigenvalue weighted by Gasteiger charge is -2.44. The van der Waals surface area contributed by atoms with Crippen LogP contribution in [0.5, 0.6) is 0 Å². The zero-order chi connectivity index (χ0) is 92.2. The van der Waals surface area contributed by atoms with Crippen LogP contribution in [0.25, 0.3) is 0 Å². The molecule has 10 fully saturated rings. The highest BCUT2D eigenvalue weighted by atomic mass is 32.2. The molecule has 5 N–H and O–H groups in total. The van der Waals surface area contributed by atoms with Gasteiger partial charge in [-0.1, -0.05) is 241 Å². The molecule has 127 heavy (non-hydrogen) atoms. The van der Waals surface area contributed by atoms with Crippen LogP contribution in [0, 0.1) is 85.6 Å². The van der Waals surface area contributed by atoms with E-state index in [0.29, 0.717) is 86.9 Å². The number of fused-ring (bicyclic) bond motifs is 4. The molecule has 0 bridgehead atoms. The molecule has 700 valence electrons. The van der Waals surface area contributed by atoms with Gasteiger partial charge in [-0.15, -0.1) is 0 Å². The van der Waals surface area contributed by atoms with E-state index in [2.05, 4.69) is 136 Å². The van der Waals surface area contributed by atoms with Crippen LogP contribution >= 0.6 is 0 Å². The van der Waals surface area contributed by atoms with E-state index in [9.17, 15) is 58.7 Å². The lowest BCUT2D eigenvalue weighted by Crippen LogP contribution is -2.36. The van der Waals surface area contributed by atoms with Gasteiger partial charge in [0.15, 0.2) is 19.7 Å². The zero-order valence-corrected chi connectivity index (χ0v) is 81.8. The second-order valence-corrected chi connectivity index (χ2v) is 50.2. The third-order valence-electron chi connectivity index (χ3n) is 32.9. The maximum absolute atomic E-state index is 14.0. The van der Waals surface area contributed by atoms with E-state index in [0.717, 1.165) is 152 Å². The lowest BCUT2D eigenvalue weighted by molar-refractivity contribution is 0.0756. The van der Waals surface area contributed by atoms with Crippen molar-refractivity contribution in [3.05, 3.63) is 237 Å². The van der Waals surface area contributed by atoms with Gasteiger partial charge in [0.2, 0.25) is 9.84 Å².